The molecule has 2 aromatic rings. The maximum Gasteiger partial charge on any atom is 0.319 e. The predicted octanol–water partition coefficient (Wildman–Crippen LogP) is 4.13. The molecule has 0 unspecified atom stereocenters. The number of likely N-dealkylation sites (tertiary alicyclic amines) is 1. The maximum atomic E-state index is 12.1. The van der Waals surface area contributed by atoms with Crippen molar-refractivity contribution in [1.82, 2.24) is 10.2 Å². The van der Waals surface area contributed by atoms with E-state index in [4.69, 9.17) is 11.6 Å². The lowest BCUT2D eigenvalue weighted by Crippen LogP contribution is -2.45. The van der Waals surface area contributed by atoms with Crippen molar-refractivity contribution in [3.63, 3.8) is 0 Å². The fraction of sp³-hybridized carbons (Fsp3) is 0.316. The van der Waals surface area contributed by atoms with E-state index >= 15 is 0 Å². The van der Waals surface area contributed by atoms with Gasteiger partial charge in [-0.2, -0.15) is 0 Å². The zero-order valence-electron chi connectivity index (χ0n) is 13.5. The van der Waals surface area contributed by atoms with E-state index in [2.05, 4.69) is 39.8 Å². The summed E-state index contributed by atoms with van der Waals surface area (Å²) in [5.41, 5.74) is 2.09. The van der Waals surface area contributed by atoms with Crippen LogP contribution in [0.1, 0.15) is 18.4 Å². The molecule has 24 heavy (non-hydrogen) atoms. The van der Waals surface area contributed by atoms with Crippen LogP contribution >= 0.6 is 11.6 Å². The zero-order chi connectivity index (χ0) is 16.8. The molecule has 1 saturated heterocycles. The van der Waals surface area contributed by atoms with E-state index < -0.39 is 0 Å². The Balaban J connectivity index is 1.41. The SMILES string of the molecule is O=C(Nc1ccc(Cl)cc1)NC1CCN(Cc2ccccc2)CC1. The standard InChI is InChI=1S/C19H22ClN3O/c20-16-6-8-17(9-7-16)21-19(24)22-18-10-12-23(13-11-18)14-15-4-2-1-3-5-15/h1-9,18H,10-14H2,(H2,21,22,24). The van der Waals surface area contributed by atoms with E-state index in [1.807, 2.05) is 6.07 Å². The highest BCUT2D eigenvalue weighted by atomic mass is 35.5. The maximum absolute atomic E-state index is 12.1. The molecule has 0 saturated carbocycles. The molecular formula is C19H22ClN3O. The summed E-state index contributed by atoms with van der Waals surface area (Å²) < 4.78 is 0. The van der Waals surface area contributed by atoms with Crippen molar-refractivity contribution in [1.29, 1.82) is 0 Å². The predicted molar refractivity (Wildman–Crippen MR) is 98.3 cm³/mol. The molecule has 2 amide bonds. The first kappa shape index (κ1) is 16.8. The minimum Gasteiger partial charge on any atom is -0.335 e. The summed E-state index contributed by atoms with van der Waals surface area (Å²) >= 11 is 5.84. The number of carbonyl (C=O) groups excluding carboxylic acids is 1. The lowest BCUT2D eigenvalue weighted by atomic mass is 10.0. The van der Waals surface area contributed by atoms with Crippen molar-refractivity contribution in [2.45, 2.75) is 25.4 Å². The Morgan fingerprint density at radius 2 is 1.71 bits per heavy atom. The van der Waals surface area contributed by atoms with E-state index in [0.717, 1.165) is 38.2 Å². The van der Waals surface area contributed by atoms with Gasteiger partial charge in [-0.15, -0.1) is 0 Å². The van der Waals surface area contributed by atoms with Crippen LogP contribution in [0.2, 0.25) is 5.02 Å². The molecule has 3 rings (SSSR count). The van der Waals surface area contributed by atoms with Gasteiger partial charge in [-0.05, 0) is 42.7 Å². The monoisotopic (exact) mass is 343 g/mol. The number of benzene rings is 2. The Morgan fingerprint density at radius 3 is 2.38 bits per heavy atom. The van der Waals surface area contributed by atoms with Gasteiger partial charge in [0.25, 0.3) is 0 Å². The van der Waals surface area contributed by atoms with Crippen molar-refractivity contribution < 1.29 is 4.79 Å². The molecule has 0 bridgehead atoms. The van der Waals surface area contributed by atoms with Gasteiger partial charge in [0.15, 0.2) is 0 Å². The minimum atomic E-state index is -0.154. The third-order valence-electron chi connectivity index (χ3n) is 4.27. The van der Waals surface area contributed by atoms with Crippen molar-refractivity contribution in [2.24, 2.45) is 0 Å². The topological polar surface area (TPSA) is 44.4 Å². The number of anilines is 1. The highest BCUT2D eigenvalue weighted by Crippen LogP contribution is 2.15. The Hall–Kier alpha value is -2.04. The summed E-state index contributed by atoms with van der Waals surface area (Å²) in [6.07, 6.45) is 1.95. The second kappa shape index (κ2) is 8.18. The highest BCUT2D eigenvalue weighted by molar-refractivity contribution is 6.30. The Kier molecular flexibility index (Phi) is 5.72. The number of nitrogens with one attached hydrogen (secondary N) is 2. The first-order valence-corrected chi connectivity index (χ1v) is 8.66. The number of piperidine rings is 1. The molecular weight excluding hydrogens is 322 g/mol. The van der Waals surface area contributed by atoms with Crippen molar-refractivity contribution in [3.8, 4) is 0 Å². The fourth-order valence-electron chi connectivity index (χ4n) is 2.96. The number of nitrogens with zero attached hydrogens (tertiary/aromatic N) is 1. The van der Waals surface area contributed by atoms with Crippen LogP contribution in [-0.4, -0.2) is 30.1 Å². The number of urea groups is 1. The lowest BCUT2D eigenvalue weighted by molar-refractivity contribution is 0.190. The summed E-state index contributed by atoms with van der Waals surface area (Å²) in [5, 5.41) is 6.56. The number of carbonyl (C=O) groups is 1. The second-order valence-electron chi connectivity index (χ2n) is 6.14. The lowest BCUT2D eigenvalue weighted by Gasteiger charge is -2.32. The van der Waals surface area contributed by atoms with Gasteiger partial charge in [0, 0.05) is 36.4 Å². The van der Waals surface area contributed by atoms with Crippen molar-refractivity contribution >= 4 is 23.3 Å². The Morgan fingerprint density at radius 1 is 1.04 bits per heavy atom. The molecule has 2 N–H and O–H groups in total. The van der Waals surface area contributed by atoms with E-state index in [1.54, 1.807) is 24.3 Å². The van der Waals surface area contributed by atoms with Gasteiger partial charge in [0.1, 0.15) is 0 Å². The molecule has 1 fully saturated rings. The van der Waals surface area contributed by atoms with Crippen molar-refractivity contribution in [2.75, 3.05) is 18.4 Å². The molecule has 1 heterocycles. The van der Waals surface area contributed by atoms with Crippen LogP contribution in [0.15, 0.2) is 54.6 Å². The zero-order valence-corrected chi connectivity index (χ0v) is 14.3. The van der Waals surface area contributed by atoms with Crippen LogP contribution in [0.25, 0.3) is 0 Å². The first-order valence-electron chi connectivity index (χ1n) is 8.28. The first-order chi connectivity index (χ1) is 11.7. The van der Waals surface area contributed by atoms with Gasteiger partial charge >= 0.3 is 6.03 Å². The average molecular weight is 344 g/mol. The van der Waals surface area contributed by atoms with E-state index in [1.165, 1.54) is 5.56 Å². The Labute approximate surface area is 147 Å². The van der Waals surface area contributed by atoms with Crippen LogP contribution in [0.3, 0.4) is 0 Å². The molecule has 5 heteroatoms. The van der Waals surface area contributed by atoms with E-state index in [0.29, 0.717) is 5.02 Å². The number of hydrogen-bond acceptors (Lipinski definition) is 2. The molecule has 0 aromatic heterocycles. The second-order valence-corrected chi connectivity index (χ2v) is 6.58. The fourth-order valence-corrected chi connectivity index (χ4v) is 3.09. The smallest absolute Gasteiger partial charge is 0.319 e. The molecule has 0 aliphatic carbocycles. The number of amides is 2. The molecule has 2 aromatic carbocycles. The third-order valence-corrected chi connectivity index (χ3v) is 4.53. The summed E-state index contributed by atoms with van der Waals surface area (Å²) in [6, 6.07) is 17.7. The average Bonchev–Trinajstić information content (AvgIpc) is 2.60. The third kappa shape index (κ3) is 4.98. The Bertz CT molecular complexity index is 652. The molecule has 1 aliphatic heterocycles. The highest BCUT2D eigenvalue weighted by Gasteiger charge is 2.20. The van der Waals surface area contributed by atoms with Crippen LogP contribution in [0.5, 0.6) is 0 Å². The molecule has 4 nitrogen and oxygen atoms in total. The summed E-state index contributed by atoms with van der Waals surface area (Å²) in [6.45, 7) is 2.98. The van der Waals surface area contributed by atoms with Gasteiger partial charge in [-0.1, -0.05) is 41.9 Å². The number of hydrogen-bond donors (Lipinski definition) is 2. The molecule has 0 spiro atoms. The quantitative estimate of drug-likeness (QED) is 0.876. The summed E-state index contributed by atoms with van der Waals surface area (Å²) in [7, 11) is 0. The van der Waals surface area contributed by atoms with Gasteiger partial charge in [0.2, 0.25) is 0 Å². The summed E-state index contributed by atoms with van der Waals surface area (Å²) in [4.78, 5) is 14.5. The number of halogens is 1. The molecule has 1 aliphatic rings. The van der Waals surface area contributed by atoms with Gasteiger partial charge in [-0.3, -0.25) is 4.90 Å². The van der Waals surface area contributed by atoms with Crippen molar-refractivity contribution in [3.05, 3.63) is 65.2 Å². The van der Waals surface area contributed by atoms with E-state index in [9.17, 15) is 4.79 Å². The van der Waals surface area contributed by atoms with Gasteiger partial charge in [-0.25, -0.2) is 4.79 Å². The van der Waals surface area contributed by atoms with Crippen LogP contribution < -0.4 is 10.6 Å². The normalized spacial score (nSPS) is 15.9. The summed E-state index contributed by atoms with van der Waals surface area (Å²) in [5.74, 6) is 0. The van der Waals surface area contributed by atoms with Crippen LogP contribution in [0.4, 0.5) is 10.5 Å². The van der Waals surface area contributed by atoms with Gasteiger partial charge < -0.3 is 10.6 Å². The van der Waals surface area contributed by atoms with Crippen LogP contribution in [-0.2, 0) is 6.54 Å². The largest absolute Gasteiger partial charge is 0.335 e. The van der Waals surface area contributed by atoms with E-state index in [-0.39, 0.29) is 12.1 Å². The minimum absolute atomic E-state index is 0.154. The van der Waals surface area contributed by atoms with Crippen LogP contribution in [0, 0.1) is 0 Å². The molecule has 0 atom stereocenters. The van der Waals surface area contributed by atoms with Gasteiger partial charge in [0.05, 0.1) is 0 Å². The molecule has 126 valence electrons. The molecule has 0 radical (unpaired) electrons. The number of rotatable bonds is 4.